The minimum Gasteiger partial charge on any atom is -0.373 e. The fourth-order valence-electron chi connectivity index (χ4n) is 2.73. The molecule has 0 heterocycles. The van der Waals surface area contributed by atoms with E-state index in [0.29, 0.717) is 44.0 Å². The van der Waals surface area contributed by atoms with Crippen LogP contribution in [-0.4, -0.2) is 41.2 Å². The lowest BCUT2D eigenvalue weighted by Crippen LogP contribution is -2.47. The van der Waals surface area contributed by atoms with E-state index in [-0.39, 0.29) is 12.5 Å². The molecule has 12 heteroatoms. The molecule has 1 aromatic rings. The lowest BCUT2D eigenvalue weighted by molar-refractivity contribution is 0.0589. The third-order valence-electron chi connectivity index (χ3n) is 4.17. The number of amides is 2. The van der Waals surface area contributed by atoms with E-state index in [9.17, 15) is 26.7 Å². The van der Waals surface area contributed by atoms with Crippen molar-refractivity contribution in [1.82, 2.24) is 0 Å². The minimum atomic E-state index is -3.19. The lowest BCUT2D eigenvalue weighted by atomic mass is 10.2. The third kappa shape index (κ3) is 7.12. The van der Waals surface area contributed by atoms with Gasteiger partial charge in [0.05, 0.1) is 0 Å². The van der Waals surface area contributed by atoms with Crippen LogP contribution in [0.5, 0.6) is 0 Å². The number of hydrogen-bond acceptors (Lipinski definition) is 4. The molecule has 178 valence electrons. The standard InChI is InChI=1S/C19H29F5N2O4Si/c1-4-9-28-31(29-10-5-2,30-11-6-3)12-7-8-26(19(25)27)18-16(23)14(21)13(20)15(22)17(18)24/h4-12H2,1-3H3,(H2,25,27). The van der Waals surface area contributed by atoms with Crippen molar-refractivity contribution >= 4 is 20.5 Å². The van der Waals surface area contributed by atoms with Gasteiger partial charge in [0.1, 0.15) is 5.69 Å². The van der Waals surface area contributed by atoms with Crippen LogP contribution in [0, 0.1) is 29.1 Å². The first-order valence-corrected chi connectivity index (χ1v) is 12.1. The third-order valence-corrected chi connectivity index (χ3v) is 7.06. The zero-order valence-electron chi connectivity index (χ0n) is 17.9. The summed E-state index contributed by atoms with van der Waals surface area (Å²) in [5, 5.41) is 0. The van der Waals surface area contributed by atoms with Crippen LogP contribution >= 0.6 is 0 Å². The Kier molecular flexibility index (Phi) is 11.4. The number of carbonyl (C=O) groups excluding carboxylic acids is 1. The SMILES string of the molecule is CCCO[Si](CCCN(C(N)=O)c1c(F)c(F)c(F)c(F)c1F)(OCCC)OCCC. The molecule has 0 saturated heterocycles. The average Bonchev–Trinajstić information content (AvgIpc) is 2.75. The maximum atomic E-state index is 14.1. The van der Waals surface area contributed by atoms with Crippen molar-refractivity contribution in [2.45, 2.75) is 52.5 Å². The summed E-state index contributed by atoms with van der Waals surface area (Å²) in [5.41, 5.74) is 3.77. The molecule has 0 atom stereocenters. The number of anilines is 1. The highest BCUT2D eigenvalue weighted by molar-refractivity contribution is 6.60. The van der Waals surface area contributed by atoms with Gasteiger partial charge in [-0.1, -0.05) is 20.8 Å². The summed E-state index contributed by atoms with van der Waals surface area (Å²) in [5.74, 6) is -10.9. The number of benzene rings is 1. The second kappa shape index (κ2) is 12.9. The molecule has 6 nitrogen and oxygen atoms in total. The van der Waals surface area contributed by atoms with Crippen LogP contribution in [0.25, 0.3) is 0 Å². The van der Waals surface area contributed by atoms with Crippen molar-refractivity contribution in [2.75, 3.05) is 31.3 Å². The van der Waals surface area contributed by atoms with Crippen LogP contribution in [0.3, 0.4) is 0 Å². The number of primary amides is 1. The number of nitrogens with two attached hydrogens (primary N) is 1. The van der Waals surface area contributed by atoms with E-state index >= 15 is 0 Å². The number of carbonyl (C=O) groups is 1. The number of urea groups is 1. The molecule has 0 saturated carbocycles. The molecule has 0 aliphatic carbocycles. The molecule has 1 aromatic carbocycles. The Morgan fingerprint density at radius 3 is 1.55 bits per heavy atom. The fraction of sp³-hybridized carbons (Fsp3) is 0.632. The molecule has 0 aliphatic heterocycles. The minimum absolute atomic E-state index is 0.0335. The number of nitrogens with zero attached hydrogens (tertiary/aromatic N) is 1. The lowest BCUT2D eigenvalue weighted by Gasteiger charge is -2.30. The Morgan fingerprint density at radius 2 is 1.19 bits per heavy atom. The number of hydrogen-bond donors (Lipinski definition) is 1. The highest BCUT2D eigenvalue weighted by atomic mass is 28.4. The summed E-state index contributed by atoms with van der Waals surface area (Å²) in [6.45, 7) is 6.35. The maximum Gasteiger partial charge on any atom is 0.501 e. The number of rotatable bonds is 14. The molecule has 0 spiro atoms. The summed E-state index contributed by atoms with van der Waals surface area (Å²) < 4.78 is 86.3. The van der Waals surface area contributed by atoms with Crippen molar-refractivity contribution in [3.8, 4) is 0 Å². The monoisotopic (exact) mass is 472 g/mol. The molecular formula is C19H29F5N2O4Si. The Morgan fingerprint density at radius 1 is 0.806 bits per heavy atom. The summed E-state index contributed by atoms with van der Waals surface area (Å²) in [6.07, 6.45) is 2.11. The normalized spacial score (nSPS) is 11.7. The van der Waals surface area contributed by atoms with Crippen LogP contribution in [0.1, 0.15) is 46.5 Å². The molecule has 2 N–H and O–H groups in total. The van der Waals surface area contributed by atoms with Crippen molar-refractivity contribution in [1.29, 1.82) is 0 Å². The van der Waals surface area contributed by atoms with Crippen molar-refractivity contribution in [2.24, 2.45) is 5.73 Å². The van der Waals surface area contributed by atoms with Crippen LogP contribution in [0.2, 0.25) is 6.04 Å². The predicted molar refractivity (Wildman–Crippen MR) is 107 cm³/mol. The summed E-state index contributed by atoms with van der Waals surface area (Å²) in [7, 11) is -3.19. The molecule has 1 rings (SSSR count). The van der Waals surface area contributed by atoms with E-state index in [2.05, 4.69) is 0 Å². The summed E-state index contributed by atoms with van der Waals surface area (Å²) in [4.78, 5) is 12.1. The highest BCUT2D eigenvalue weighted by Crippen LogP contribution is 2.31. The molecule has 0 radical (unpaired) electrons. The van der Waals surface area contributed by atoms with E-state index < -0.39 is 56.2 Å². The van der Waals surface area contributed by atoms with Gasteiger partial charge < -0.3 is 19.0 Å². The van der Waals surface area contributed by atoms with Gasteiger partial charge in [0, 0.05) is 32.4 Å². The van der Waals surface area contributed by atoms with Gasteiger partial charge in [-0.25, -0.2) is 26.7 Å². The van der Waals surface area contributed by atoms with Gasteiger partial charge in [-0.05, 0) is 25.7 Å². The fourth-order valence-corrected chi connectivity index (χ4v) is 5.55. The van der Waals surface area contributed by atoms with Crippen LogP contribution in [0.4, 0.5) is 32.4 Å². The van der Waals surface area contributed by atoms with E-state index in [1.807, 2.05) is 20.8 Å². The zero-order valence-corrected chi connectivity index (χ0v) is 18.9. The summed E-state index contributed by atoms with van der Waals surface area (Å²) >= 11 is 0. The van der Waals surface area contributed by atoms with Gasteiger partial charge in [-0.2, -0.15) is 0 Å². The maximum absolute atomic E-state index is 14.1. The first-order chi connectivity index (χ1) is 14.7. The second-order valence-corrected chi connectivity index (χ2v) is 9.47. The predicted octanol–water partition coefficient (Wildman–Crippen LogP) is 4.88. The second-order valence-electron chi connectivity index (χ2n) is 6.74. The van der Waals surface area contributed by atoms with Gasteiger partial charge >= 0.3 is 14.8 Å². The van der Waals surface area contributed by atoms with E-state index in [1.54, 1.807) is 0 Å². The van der Waals surface area contributed by atoms with Gasteiger partial charge in [-0.15, -0.1) is 0 Å². The van der Waals surface area contributed by atoms with Gasteiger partial charge in [0.2, 0.25) is 5.82 Å². The Hall–Kier alpha value is -1.76. The molecule has 0 aliphatic rings. The first-order valence-electron chi connectivity index (χ1n) is 10.2. The Labute approximate surface area is 179 Å². The summed E-state index contributed by atoms with van der Waals surface area (Å²) in [6, 6.07) is -1.21. The largest absolute Gasteiger partial charge is 0.501 e. The highest BCUT2D eigenvalue weighted by Gasteiger charge is 2.41. The molecule has 2 amide bonds. The molecule has 0 aromatic heterocycles. The van der Waals surface area contributed by atoms with E-state index in [0.717, 1.165) is 0 Å². The Bertz CT molecular complexity index is 691. The molecule has 0 unspecified atom stereocenters. The van der Waals surface area contributed by atoms with Crippen LogP contribution in [-0.2, 0) is 13.3 Å². The van der Waals surface area contributed by atoms with Gasteiger partial charge in [0.25, 0.3) is 0 Å². The average molecular weight is 473 g/mol. The topological polar surface area (TPSA) is 74.0 Å². The first kappa shape index (κ1) is 27.3. The van der Waals surface area contributed by atoms with Gasteiger partial charge in [-0.3, -0.25) is 4.90 Å². The smallest absolute Gasteiger partial charge is 0.373 e. The Balaban J connectivity index is 3.12. The molecule has 0 fully saturated rings. The van der Waals surface area contributed by atoms with Crippen molar-refractivity contribution in [3.05, 3.63) is 29.1 Å². The van der Waals surface area contributed by atoms with Crippen LogP contribution < -0.4 is 10.6 Å². The van der Waals surface area contributed by atoms with Crippen molar-refractivity contribution < 1.29 is 40.0 Å². The quantitative estimate of drug-likeness (QED) is 0.181. The van der Waals surface area contributed by atoms with E-state index in [1.165, 1.54) is 0 Å². The molecule has 0 bridgehead atoms. The molecular weight excluding hydrogens is 443 g/mol. The molecule has 31 heavy (non-hydrogen) atoms. The number of halogens is 5. The zero-order chi connectivity index (χ0) is 23.6. The van der Waals surface area contributed by atoms with E-state index in [4.69, 9.17) is 19.0 Å². The van der Waals surface area contributed by atoms with Crippen LogP contribution in [0.15, 0.2) is 0 Å². The van der Waals surface area contributed by atoms with Gasteiger partial charge in [0.15, 0.2) is 23.3 Å². The van der Waals surface area contributed by atoms with Crippen molar-refractivity contribution in [3.63, 3.8) is 0 Å².